The number of unbranched alkanes of at least 4 members (excludes halogenated alkanes) is 1. The van der Waals surface area contributed by atoms with Crippen molar-refractivity contribution >= 4 is 17.3 Å². The van der Waals surface area contributed by atoms with Gasteiger partial charge in [0.2, 0.25) is 5.95 Å². The molecule has 0 unspecified atom stereocenters. The van der Waals surface area contributed by atoms with Crippen LogP contribution in [0.15, 0.2) is 54.7 Å². The lowest BCUT2D eigenvalue weighted by molar-refractivity contribution is 0.627. The summed E-state index contributed by atoms with van der Waals surface area (Å²) in [6.07, 6.45) is 4.44. The predicted octanol–water partition coefficient (Wildman–Crippen LogP) is 4.32. The van der Waals surface area contributed by atoms with Crippen molar-refractivity contribution in [2.75, 3.05) is 17.6 Å². The topological polar surface area (TPSA) is 81.1 Å². The molecule has 29 heavy (non-hydrogen) atoms. The first-order valence-corrected chi connectivity index (χ1v) is 9.73. The third-order valence-electron chi connectivity index (χ3n) is 4.77. The highest BCUT2D eigenvalue weighted by atomic mass is 19.1. The molecular weight excluding hydrogens is 367 g/mol. The van der Waals surface area contributed by atoms with Crippen LogP contribution in [0, 0.1) is 5.82 Å². The van der Waals surface area contributed by atoms with Gasteiger partial charge < -0.3 is 11.1 Å². The molecule has 0 fully saturated rings. The number of rotatable bonds is 7. The molecular formula is C22H23FN6. The summed E-state index contributed by atoms with van der Waals surface area (Å²) in [5.41, 5.74) is 10.5. The Kier molecular flexibility index (Phi) is 5.37. The summed E-state index contributed by atoms with van der Waals surface area (Å²) in [6.45, 7) is 2.97. The number of nitrogens with zero attached hydrogens (tertiary/aromatic N) is 4. The van der Waals surface area contributed by atoms with Crippen molar-refractivity contribution in [2.45, 2.75) is 26.2 Å². The van der Waals surface area contributed by atoms with Crippen LogP contribution in [0.25, 0.3) is 16.8 Å². The van der Waals surface area contributed by atoms with Gasteiger partial charge in [0, 0.05) is 24.7 Å². The Labute approximate surface area is 168 Å². The quantitative estimate of drug-likeness (QED) is 0.460. The molecule has 0 aliphatic heterocycles. The highest BCUT2D eigenvalue weighted by Crippen LogP contribution is 2.30. The second-order valence-electron chi connectivity index (χ2n) is 6.92. The van der Waals surface area contributed by atoms with Gasteiger partial charge in [0.1, 0.15) is 11.6 Å². The van der Waals surface area contributed by atoms with Gasteiger partial charge in [0.05, 0.1) is 16.9 Å². The van der Waals surface area contributed by atoms with Crippen molar-refractivity contribution in [1.82, 2.24) is 19.6 Å². The Morgan fingerprint density at radius 1 is 1.10 bits per heavy atom. The molecule has 148 valence electrons. The van der Waals surface area contributed by atoms with Crippen molar-refractivity contribution in [3.63, 3.8) is 0 Å². The molecule has 0 aliphatic carbocycles. The van der Waals surface area contributed by atoms with Gasteiger partial charge in [0.25, 0.3) is 0 Å². The van der Waals surface area contributed by atoms with Gasteiger partial charge in [-0.1, -0.05) is 31.5 Å². The van der Waals surface area contributed by atoms with Crippen molar-refractivity contribution in [3.8, 4) is 11.3 Å². The van der Waals surface area contributed by atoms with Gasteiger partial charge in [-0.3, -0.25) is 0 Å². The molecule has 0 spiro atoms. The molecule has 4 rings (SSSR count). The van der Waals surface area contributed by atoms with Gasteiger partial charge in [-0.25, -0.2) is 18.9 Å². The smallest absolute Gasteiger partial charge is 0.223 e. The number of hydrogen-bond donors (Lipinski definition) is 2. The van der Waals surface area contributed by atoms with E-state index in [0.717, 1.165) is 47.4 Å². The molecule has 6 nitrogen and oxygen atoms in total. The Hall–Kier alpha value is -3.48. The maximum Gasteiger partial charge on any atom is 0.223 e. The standard InChI is InChI=1S/C22H23FN6/c1-2-3-12-25-22-26-13-11-17(27-22)21-18(14-15-7-9-16(23)10-8-15)28-29-19(21)5-4-6-20(29)24/h4-11,13H,2-3,12,14,24H2,1H3,(H,25,26,27). The minimum Gasteiger partial charge on any atom is -0.384 e. The first-order valence-electron chi connectivity index (χ1n) is 9.73. The zero-order valence-corrected chi connectivity index (χ0v) is 16.3. The second-order valence-corrected chi connectivity index (χ2v) is 6.92. The number of nitrogen functional groups attached to an aromatic ring is 1. The molecule has 0 atom stereocenters. The third-order valence-corrected chi connectivity index (χ3v) is 4.77. The van der Waals surface area contributed by atoms with E-state index < -0.39 is 0 Å². The van der Waals surface area contributed by atoms with Crippen LogP contribution in [-0.4, -0.2) is 26.1 Å². The number of nitrogens with one attached hydrogen (secondary N) is 1. The molecule has 3 heterocycles. The Morgan fingerprint density at radius 3 is 2.72 bits per heavy atom. The Morgan fingerprint density at radius 2 is 1.93 bits per heavy atom. The zero-order chi connectivity index (χ0) is 20.2. The van der Waals surface area contributed by atoms with Crippen LogP contribution in [0.3, 0.4) is 0 Å². The summed E-state index contributed by atoms with van der Waals surface area (Å²) in [7, 11) is 0. The van der Waals surface area contributed by atoms with E-state index in [1.54, 1.807) is 22.8 Å². The van der Waals surface area contributed by atoms with Crippen molar-refractivity contribution in [3.05, 3.63) is 71.8 Å². The van der Waals surface area contributed by atoms with Crippen LogP contribution in [-0.2, 0) is 6.42 Å². The van der Waals surface area contributed by atoms with Crippen LogP contribution in [0.4, 0.5) is 16.2 Å². The zero-order valence-electron chi connectivity index (χ0n) is 16.3. The predicted molar refractivity (Wildman–Crippen MR) is 113 cm³/mol. The Balaban J connectivity index is 1.79. The van der Waals surface area contributed by atoms with Crippen LogP contribution < -0.4 is 11.1 Å². The fourth-order valence-electron chi connectivity index (χ4n) is 3.30. The van der Waals surface area contributed by atoms with E-state index in [2.05, 4.69) is 17.2 Å². The number of halogens is 1. The molecule has 7 heteroatoms. The fraction of sp³-hybridized carbons (Fsp3) is 0.227. The molecule has 3 N–H and O–H groups in total. The van der Waals surface area contributed by atoms with E-state index >= 15 is 0 Å². The summed E-state index contributed by atoms with van der Waals surface area (Å²) in [5.74, 6) is 0.878. The SMILES string of the molecule is CCCCNc1nccc(-c2c(Cc3ccc(F)cc3)nn3c(N)cccc23)n1. The summed E-state index contributed by atoms with van der Waals surface area (Å²) >= 11 is 0. The molecule has 0 aliphatic rings. The van der Waals surface area contributed by atoms with E-state index in [4.69, 9.17) is 15.8 Å². The monoisotopic (exact) mass is 390 g/mol. The van der Waals surface area contributed by atoms with E-state index in [1.807, 2.05) is 24.3 Å². The maximum atomic E-state index is 13.3. The van der Waals surface area contributed by atoms with E-state index in [1.165, 1.54) is 12.1 Å². The summed E-state index contributed by atoms with van der Waals surface area (Å²) < 4.78 is 15.0. The number of fused-ring (bicyclic) bond motifs is 1. The molecule has 3 aromatic heterocycles. The minimum atomic E-state index is -0.258. The number of aromatic nitrogens is 4. The van der Waals surface area contributed by atoms with Gasteiger partial charge in [0.15, 0.2) is 0 Å². The van der Waals surface area contributed by atoms with Crippen molar-refractivity contribution in [1.29, 1.82) is 0 Å². The maximum absolute atomic E-state index is 13.3. The average molecular weight is 390 g/mol. The van der Waals surface area contributed by atoms with Gasteiger partial charge in [-0.15, -0.1) is 0 Å². The van der Waals surface area contributed by atoms with Crippen LogP contribution in [0.5, 0.6) is 0 Å². The van der Waals surface area contributed by atoms with Crippen LogP contribution >= 0.6 is 0 Å². The number of anilines is 2. The van der Waals surface area contributed by atoms with E-state index in [9.17, 15) is 4.39 Å². The highest BCUT2D eigenvalue weighted by Gasteiger charge is 2.18. The van der Waals surface area contributed by atoms with E-state index in [-0.39, 0.29) is 5.82 Å². The van der Waals surface area contributed by atoms with Crippen LogP contribution in [0.1, 0.15) is 31.0 Å². The Bertz CT molecular complexity index is 1120. The van der Waals surface area contributed by atoms with Crippen molar-refractivity contribution < 1.29 is 4.39 Å². The minimum absolute atomic E-state index is 0.258. The number of nitrogens with two attached hydrogens (primary N) is 1. The van der Waals surface area contributed by atoms with E-state index in [0.29, 0.717) is 18.2 Å². The normalized spacial score (nSPS) is 11.1. The van der Waals surface area contributed by atoms with Crippen LogP contribution in [0.2, 0.25) is 0 Å². The molecule has 1 aromatic carbocycles. The lowest BCUT2D eigenvalue weighted by Gasteiger charge is -2.07. The molecule has 0 amide bonds. The third kappa shape index (κ3) is 4.03. The van der Waals surface area contributed by atoms with Gasteiger partial charge >= 0.3 is 0 Å². The molecule has 0 bridgehead atoms. The summed E-state index contributed by atoms with van der Waals surface area (Å²) in [4.78, 5) is 9.03. The van der Waals surface area contributed by atoms with Crippen molar-refractivity contribution in [2.24, 2.45) is 0 Å². The van der Waals surface area contributed by atoms with Gasteiger partial charge in [-0.2, -0.15) is 5.10 Å². The number of benzene rings is 1. The molecule has 0 saturated heterocycles. The lowest BCUT2D eigenvalue weighted by Crippen LogP contribution is -2.05. The first-order chi connectivity index (χ1) is 14.2. The molecule has 0 radical (unpaired) electrons. The molecule has 4 aromatic rings. The van der Waals surface area contributed by atoms with Gasteiger partial charge in [-0.05, 0) is 42.3 Å². The summed E-state index contributed by atoms with van der Waals surface area (Å²) in [5, 5.41) is 8.00. The largest absolute Gasteiger partial charge is 0.384 e. The summed E-state index contributed by atoms with van der Waals surface area (Å²) in [6, 6.07) is 14.0. The fourth-order valence-corrected chi connectivity index (χ4v) is 3.30. The highest BCUT2D eigenvalue weighted by molar-refractivity contribution is 5.82. The first kappa shape index (κ1) is 18.9. The lowest BCUT2D eigenvalue weighted by atomic mass is 10.0. The molecule has 0 saturated carbocycles. The number of hydrogen-bond acceptors (Lipinski definition) is 5. The average Bonchev–Trinajstić information content (AvgIpc) is 3.09. The number of pyridine rings is 1. The second kappa shape index (κ2) is 8.26.